The van der Waals surface area contributed by atoms with Crippen LogP contribution < -0.4 is 11.1 Å². The molecule has 0 amide bonds. The molecule has 1 atom stereocenters. The lowest BCUT2D eigenvalue weighted by Gasteiger charge is -2.26. The van der Waals surface area contributed by atoms with E-state index in [1.807, 2.05) is 11.8 Å². The van der Waals surface area contributed by atoms with Gasteiger partial charge < -0.3 is 11.1 Å². The van der Waals surface area contributed by atoms with Gasteiger partial charge in [-0.3, -0.25) is 0 Å². The number of nitrogen functional groups attached to an aromatic ring is 1. The third kappa shape index (κ3) is 5.70. The number of thioether (sulfide) groups is 1. The standard InChI is InChI=1S/C11H22N4S2/c1-8(7-11(2,3)16-4)13-6-5-9-14-15-10(12)17-9/h8,13H,5-7H2,1-4H3,(H2,12,15)/t8-/m1/s1. The molecule has 98 valence electrons. The zero-order chi connectivity index (χ0) is 12.9. The van der Waals surface area contributed by atoms with Gasteiger partial charge in [0.15, 0.2) is 0 Å². The molecule has 1 rings (SSSR count). The number of nitrogens with zero attached hydrogens (tertiary/aromatic N) is 2. The van der Waals surface area contributed by atoms with Crippen LogP contribution in [0.1, 0.15) is 32.2 Å². The third-order valence-electron chi connectivity index (χ3n) is 2.66. The van der Waals surface area contributed by atoms with Crippen molar-refractivity contribution < 1.29 is 0 Å². The van der Waals surface area contributed by atoms with E-state index in [0.717, 1.165) is 24.4 Å². The Labute approximate surface area is 112 Å². The SMILES string of the molecule is CSC(C)(C)C[C@@H](C)NCCc1nnc(N)s1. The molecule has 0 saturated heterocycles. The van der Waals surface area contributed by atoms with Crippen molar-refractivity contribution in [1.82, 2.24) is 15.5 Å². The van der Waals surface area contributed by atoms with Crippen molar-refractivity contribution >= 4 is 28.2 Å². The molecule has 1 heterocycles. The first-order chi connectivity index (χ1) is 7.93. The molecule has 0 bridgehead atoms. The summed E-state index contributed by atoms with van der Waals surface area (Å²) in [6.07, 6.45) is 4.22. The Kier molecular flexibility index (Phi) is 5.69. The molecule has 0 radical (unpaired) electrons. The van der Waals surface area contributed by atoms with E-state index in [9.17, 15) is 0 Å². The Morgan fingerprint density at radius 1 is 1.47 bits per heavy atom. The zero-order valence-corrected chi connectivity index (χ0v) is 12.6. The van der Waals surface area contributed by atoms with Gasteiger partial charge in [-0.1, -0.05) is 25.2 Å². The van der Waals surface area contributed by atoms with Crippen molar-refractivity contribution in [3.05, 3.63) is 5.01 Å². The third-order valence-corrected chi connectivity index (χ3v) is 4.75. The molecule has 0 spiro atoms. The van der Waals surface area contributed by atoms with Crippen LogP contribution in [0.5, 0.6) is 0 Å². The van der Waals surface area contributed by atoms with Crippen molar-refractivity contribution in [2.75, 3.05) is 18.5 Å². The molecule has 6 heteroatoms. The fraction of sp³-hybridized carbons (Fsp3) is 0.818. The second-order valence-electron chi connectivity index (χ2n) is 4.81. The van der Waals surface area contributed by atoms with Crippen LogP contribution in [-0.4, -0.2) is 33.8 Å². The molecule has 3 N–H and O–H groups in total. The van der Waals surface area contributed by atoms with Gasteiger partial charge in [0.1, 0.15) is 5.01 Å². The summed E-state index contributed by atoms with van der Waals surface area (Å²) in [5.41, 5.74) is 5.53. The molecule has 4 nitrogen and oxygen atoms in total. The van der Waals surface area contributed by atoms with E-state index in [1.165, 1.54) is 11.3 Å². The number of nitrogens with one attached hydrogen (secondary N) is 1. The summed E-state index contributed by atoms with van der Waals surface area (Å²) in [4.78, 5) is 0. The van der Waals surface area contributed by atoms with Crippen LogP contribution in [0.15, 0.2) is 0 Å². The normalized spacial score (nSPS) is 13.9. The first-order valence-corrected chi connectivity index (χ1v) is 7.83. The van der Waals surface area contributed by atoms with Gasteiger partial charge in [-0.2, -0.15) is 11.8 Å². The number of anilines is 1. The molecule has 0 aliphatic carbocycles. The Hall–Kier alpha value is -0.330. The summed E-state index contributed by atoms with van der Waals surface area (Å²) in [7, 11) is 0. The van der Waals surface area contributed by atoms with Crippen molar-refractivity contribution in [1.29, 1.82) is 0 Å². The maximum absolute atomic E-state index is 5.53. The van der Waals surface area contributed by atoms with E-state index < -0.39 is 0 Å². The van der Waals surface area contributed by atoms with E-state index in [1.54, 1.807) is 0 Å². The summed E-state index contributed by atoms with van der Waals surface area (Å²) in [5, 5.41) is 12.9. The molecule has 17 heavy (non-hydrogen) atoms. The first kappa shape index (κ1) is 14.7. The maximum atomic E-state index is 5.53. The fourth-order valence-electron chi connectivity index (χ4n) is 1.69. The average Bonchev–Trinajstić information content (AvgIpc) is 2.63. The molecule has 0 aliphatic heterocycles. The van der Waals surface area contributed by atoms with Gasteiger partial charge in [0.05, 0.1) is 0 Å². The number of nitrogens with two attached hydrogens (primary N) is 1. The van der Waals surface area contributed by atoms with Crippen LogP contribution in [0.2, 0.25) is 0 Å². The van der Waals surface area contributed by atoms with E-state index >= 15 is 0 Å². The van der Waals surface area contributed by atoms with Gasteiger partial charge in [-0.15, -0.1) is 10.2 Å². The summed E-state index contributed by atoms with van der Waals surface area (Å²) >= 11 is 3.38. The first-order valence-electron chi connectivity index (χ1n) is 5.79. The zero-order valence-electron chi connectivity index (χ0n) is 11.0. The summed E-state index contributed by atoms with van der Waals surface area (Å²) in [5.74, 6) is 0. The second kappa shape index (κ2) is 6.56. The lowest BCUT2D eigenvalue weighted by atomic mass is 10.0. The van der Waals surface area contributed by atoms with E-state index in [4.69, 9.17) is 5.73 Å². The Balaban J connectivity index is 2.22. The Morgan fingerprint density at radius 2 is 2.18 bits per heavy atom. The summed E-state index contributed by atoms with van der Waals surface area (Å²) in [6, 6.07) is 0.516. The Morgan fingerprint density at radius 3 is 2.71 bits per heavy atom. The minimum absolute atomic E-state index is 0.333. The molecule has 0 aromatic carbocycles. The van der Waals surface area contributed by atoms with Crippen LogP contribution in [0.3, 0.4) is 0 Å². The topological polar surface area (TPSA) is 63.8 Å². The molecular formula is C11H22N4S2. The van der Waals surface area contributed by atoms with Crippen LogP contribution in [0.25, 0.3) is 0 Å². The van der Waals surface area contributed by atoms with Gasteiger partial charge in [0.2, 0.25) is 5.13 Å². The number of aromatic nitrogens is 2. The van der Waals surface area contributed by atoms with E-state index in [0.29, 0.717) is 15.9 Å². The van der Waals surface area contributed by atoms with E-state index in [-0.39, 0.29) is 0 Å². The number of hydrogen-bond donors (Lipinski definition) is 2. The van der Waals surface area contributed by atoms with Gasteiger partial charge in [-0.25, -0.2) is 0 Å². The summed E-state index contributed by atoms with van der Waals surface area (Å²) in [6.45, 7) is 7.72. The highest BCUT2D eigenvalue weighted by atomic mass is 32.2. The fourth-order valence-corrected chi connectivity index (χ4v) is 2.71. The van der Waals surface area contributed by atoms with Crippen LogP contribution in [-0.2, 0) is 6.42 Å². The van der Waals surface area contributed by atoms with Gasteiger partial charge in [-0.05, 0) is 19.6 Å². The van der Waals surface area contributed by atoms with Gasteiger partial charge in [0, 0.05) is 23.8 Å². The maximum Gasteiger partial charge on any atom is 0.203 e. The summed E-state index contributed by atoms with van der Waals surface area (Å²) < 4.78 is 0.333. The van der Waals surface area contributed by atoms with Crippen LogP contribution >= 0.6 is 23.1 Å². The monoisotopic (exact) mass is 274 g/mol. The number of rotatable bonds is 7. The minimum Gasteiger partial charge on any atom is -0.374 e. The quantitative estimate of drug-likeness (QED) is 0.798. The molecular weight excluding hydrogens is 252 g/mol. The smallest absolute Gasteiger partial charge is 0.203 e. The highest BCUT2D eigenvalue weighted by Gasteiger charge is 2.19. The van der Waals surface area contributed by atoms with Crippen LogP contribution in [0, 0.1) is 0 Å². The predicted octanol–water partition coefficient (Wildman–Crippen LogP) is 2.17. The largest absolute Gasteiger partial charge is 0.374 e. The molecule has 0 aliphatic rings. The van der Waals surface area contributed by atoms with Gasteiger partial charge >= 0.3 is 0 Å². The van der Waals surface area contributed by atoms with Gasteiger partial charge in [0.25, 0.3) is 0 Å². The highest BCUT2D eigenvalue weighted by molar-refractivity contribution is 7.99. The van der Waals surface area contributed by atoms with Crippen molar-refractivity contribution in [3.8, 4) is 0 Å². The van der Waals surface area contributed by atoms with Crippen molar-refractivity contribution in [3.63, 3.8) is 0 Å². The Bertz CT molecular complexity index is 338. The number of hydrogen-bond acceptors (Lipinski definition) is 6. The average molecular weight is 274 g/mol. The molecule has 1 aromatic heterocycles. The van der Waals surface area contributed by atoms with E-state index in [2.05, 4.69) is 42.5 Å². The lowest BCUT2D eigenvalue weighted by Crippen LogP contribution is -2.34. The highest BCUT2D eigenvalue weighted by Crippen LogP contribution is 2.26. The predicted molar refractivity (Wildman–Crippen MR) is 77.7 cm³/mol. The lowest BCUT2D eigenvalue weighted by molar-refractivity contribution is 0.469. The van der Waals surface area contributed by atoms with Crippen molar-refractivity contribution in [2.45, 2.75) is 44.4 Å². The molecule has 1 aromatic rings. The molecule has 0 saturated carbocycles. The second-order valence-corrected chi connectivity index (χ2v) is 7.41. The molecule has 0 unspecified atom stereocenters. The minimum atomic E-state index is 0.333. The van der Waals surface area contributed by atoms with Crippen LogP contribution in [0.4, 0.5) is 5.13 Å². The molecule has 0 fully saturated rings. The van der Waals surface area contributed by atoms with Crippen molar-refractivity contribution in [2.24, 2.45) is 0 Å².